The second-order valence-corrected chi connectivity index (χ2v) is 7.45. The number of hydrogen-bond donors (Lipinski definition) is 0. The van der Waals surface area contributed by atoms with Crippen molar-refractivity contribution in [2.75, 3.05) is 36.0 Å². The molecule has 1 fully saturated rings. The highest BCUT2D eigenvalue weighted by Crippen LogP contribution is 2.31. The molecule has 1 aliphatic heterocycles. The number of aromatic nitrogens is 4. The van der Waals surface area contributed by atoms with Crippen molar-refractivity contribution in [3.05, 3.63) is 47.7 Å². The van der Waals surface area contributed by atoms with E-state index in [-0.39, 0.29) is 0 Å². The molecule has 1 aromatic carbocycles. The first-order valence-corrected chi connectivity index (χ1v) is 9.32. The average molecular weight is 371 g/mol. The van der Waals surface area contributed by atoms with Crippen LogP contribution in [0.1, 0.15) is 0 Å². The molecule has 0 N–H and O–H groups in total. The first-order chi connectivity index (χ1) is 12.3. The maximum atomic E-state index is 6.08. The number of fused-ring (bicyclic) bond motifs is 2. The third kappa shape index (κ3) is 2.69. The van der Waals surface area contributed by atoms with E-state index >= 15 is 0 Å². The summed E-state index contributed by atoms with van der Waals surface area (Å²) in [5.41, 5.74) is 1.89. The summed E-state index contributed by atoms with van der Waals surface area (Å²) in [6, 6.07) is 9.81. The lowest BCUT2D eigenvalue weighted by molar-refractivity contribution is 0.646. The van der Waals surface area contributed by atoms with Crippen LogP contribution in [0.3, 0.4) is 0 Å². The van der Waals surface area contributed by atoms with Gasteiger partial charge in [0.1, 0.15) is 5.82 Å². The van der Waals surface area contributed by atoms with Crippen LogP contribution in [0.2, 0.25) is 5.02 Å². The molecule has 0 unspecified atom stereocenters. The van der Waals surface area contributed by atoms with Gasteiger partial charge in [-0.15, -0.1) is 0 Å². The largest absolute Gasteiger partial charge is 0.353 e. The Kier molecular flexibility index (Phi) is 3.50. The molecule has 0 aliphatic carbocycles. The lowest BCUT2D eigenvalue weighted by Crippen LogP contribution is -2.46. The van der Waals surface area contributed by atoms with Crippen LogP contribution in [-0.4, -0.2) is 45.8 Å². The summed E-state index contributed by atoms with van der Waals surface area (Å²) in [5, 5.41) is 6.02. The molecular formula is C17H15ClN6S. The Labute approximate surface area is 153 Å². The zero-order valence-corrected chi connectivity index (χ0v) is 14.9. The van der Waals surface area contributed by atoms with Crippen molar-refractivity contribution in [2.45, 2.75) is 0 Å². The molecule has 0 radical (unpaired) electrons. The van der Waals surface area contributed by atoms with Crippen LogP contribution in [0.25, 0.3) is 15.9 Å². The second-order valence-electron chi connectivity index (χ2n) is 6.00. The minimum atomic E-state index is 0.758. The molecule has 0 bridgehead atoms. The number of halogens is 1. The Balaban J connectivity index is 1.34. The van der Waals surface area contributed by atoms with Gasteiger partial charge in [0.2, 0.25) is 0 Å². The van der Waals surface area contributed by atoms with Gasteiger partial charge in [-0.3, -0.25) is 0 Å². The molecule has 0 saturated carbocycles. The number of anilines is 2. The standard InChI is InChI=1S/C17H15ClN6S/c18-12-1-2-13-14(11-12)25-17(20-13)23-9-7-22(8-10-23)15-4-6-24-16(21-15)3-5-19-24/h1-6,11H,7-10H2. The topological polar surface area (TPSA) is 49.6 Å². The monoisotopic (exact) mass is 370 g/mol. The average Bonchev–Trinajstić information content (AvgIpc) is 3.27. The minimum Gasteiger partial charge on any atom is -0.353 e. The van der Waals surface area contributed by atoms with Crippen molar-refractivity contribution >= 4 is 49.8 Å². The molecule has 4 aromatic rings. The zero-order valence-electron chi connectivity index (χ0n) is 13.3. The molecule has 126 valence electrons. The maximum Gasteiger partial charge on any atom is 0.186 e. The summed E-state index contributed by atoms with van der Waals surface area (Å²) in [4.78, 5) is 14.1. The van der Waals surface area contributed by atoms with Crippen molar-refractivity contribution in [3.63, 3.8) is 0 Å². The van der Waals surface area contributed by atoms with Gasteiger partial charge < -0.3 is 9.80 Å². The van der Waals surface area contributed by atoms with Gasteiger partial charge in [-0.2, -0.15) is 5.10 Å². The fraction of sp³-hybridized carbons (Fsp3) is 0.235. The van der Waals surface area contributed by atoms with Gasteiger partial charge in [-0.05, 0) is 24.3 Å². The van der Waals surface area contributed by atoms with E-state index in [0.717, 1.165) is 58.0 Å². The Hall–Kier alpha value is -2.38. The number of piperazine rings is 1. The van der Waals surface area contributed by atoms with E-state index in [1.165, 1.54) is 0 Å². The van der Waals surface area contributed by atoms with E-state index in [2.05, 4.69) is 19.9 Å². The minimum absolute atomic E-state index is 0.758. The number of hydrogen-bond acceptors (Lipinski definition) is 6. The van der Waals surface area contributed by atoms with E-state index < -0.39 is 0 Å². The molecule has 4 heterocycles. The van der Waals surface area contributed by atoms with Gasteiger partial charge >= 0.3 is 0 Å². The van der Waals surface area contributed by atoms with Crippen LogP contribution in [0, 0.1) is 0 Å². The van der Waals surface area contributed by atoms with E-state index in [9.17, 15) is 0 Å². The molecular weight excluding hydrogens is 356 g/mol. The summed E-state index contributed by atoms with van der Waals surface area (Å²) >= 11 is 7.78. The molecule has 0 amide bonds. The highest BCUT2D eigenvalue weighted by Gasteiger charge is 2.21. The van der Waals surface area contributed by atoms with E-state index in [1.807, 2.05) is 36.5 Å². The Bertz CT molecular complexity index is 1050. The fourth-order valence-corrected chi connectivity index (χ4v) is 4.42. The molecule has 6 nitrogen and oxygen atoms in total. The van der Waals surface area contributed by atoms with Crippen molar-refractivity contribution in [2.24, 2.45) is 0 Å². The maximum absolute atomic E-state index is 6.08. The second kappa shape index (κ2) is 5.86. The quantitative estimate of drug-likeness (QED) is 0.541. The van der Waals surface area contributed by atoms with E-state index in [4.69, 9.17) is 16.6 Å². The molecule has 0 atom stereocenters. The number of rotatable bonds is 2. The highest BCUT2D eigenvalue weighted by molar-refractivity contribution is 7.22. The van der Waals surface area contributed by atoms with Crippen LogP contribution >= 0.6 is 22.9 Å². The normalized spacial score (nSPS) is 15.4. The molecule has 3 aromatic heterocycles. The number of nitrogens with zero attached hydrogens (tertiary/aromatic N) is 6. The first kappa shape index (κ1) is 14.9. The van der Waals surface area contributed by atoms with Gasteiger partial charge in [0.25, 0.3) is 0 Å². The molecule has 1 saturated heterocycles. The summed E-state index contributed by atoms with van der Waals surface area (Å²) in [6.07, 6.45) is 3.73. The summed E-state index contributed by atoms with van der Waals surface area (Å²) in [5.74, 6) is 1.00. The zero-order chi connectivity index (χ0) is 16.8. The van der Waals surface area contributed by atoms with Gasteiger partial charge in [-0.25, -0.2) is 14.5 Å². The molecule has 1 aliphatic rings. The van der Waals surface area contributed by atoms with Crippen LogP contribution in [0.15, 0.2) is 42.7 Å². The van der Waals surface area contributed by atoms with E-state index in [0.29, 0.717) is 0 Å². The van der Waals surface area contributed by atoms with Crippen molar-refractivity contribution in [1.82, 2.24) is 19.6 Å². The Morgan fingerprint density at radius 3 is 2.68 bits per heavy atom. The van der Waals surface area contributed by atoms with Gasteiger partial charge in [0.15, 0.2) is 10.8 Å². The number of thiazole rings is 1. The van der Waals surface area contributed by atoms with Crippen molar-refractivity contribution < 1.29 is 0 Å². The highest BCUT2D eigenvalue weighted by atomic mass is 35.5. The molecule has 5 rings (SSSR count). The Morgan fingerprint density at radius 1 is 0.960 bits per heavy atom. The fourth-order valence-electron chi connectivity index (χ4n) is 3.13. The first-order valence-electron chi connectivity index (χ1n) is 8.13. The van der Waals surface area contributed by atoms with Gasteiger partial charge in [0, 0.05) is 43.5 Å². The predicted molar refractivity (Wildman–Crippen MR) is 102 cm³/mol. The van der Waals surface area contributed by atoms with Crippen LogP contribution < -0.4 is 9.80 Å². The lowest BCUT2D eigenvalue weighted by Gasteiger charge is -2.35. The molecule has 8 heteroatoms. The number of benzene rings is 1. The molecule has 25 heavy (non-hydrogen) atoms. The molecule has 0 spiro atoms. The summed E-state index contributed by atoms with van der Waals surface area (Å²) in [7, 11) is 0. The van der Waals surface area contributed by atoms with Crippen LogP contribution in [-0.2, 0) is 0 Å². The smallest absolute Gasteiger partial charge is 0.186 e. The van der Waals surface area contributed by atoms with Gasteiger partial charge in [-0.1, -0.05) is 22.9 Å². The third-order valence-electron chi connectivity index (χ3n) is 4.46. The van der Waals surface area contributed by atoms with Crippen molar-refractivity contribution in [1.29, 1.82) is 0 Å². The van der Waals surface area contributed by atoms with Crippen molar-refractivity contribution in [3.8, 4) is 0 Å². The lowest BCUT2D eigenvalue weighted by atomic mass is 10.3. The van der Waals surface area contributed by atoms with E-state index in [1.54, 1.807) is 22.0 Å². The SMILES string of the molecule is Clc1ccc2nc(N3CCN(c4ccn5nccc5n4)CC3)sc2c1. The summed E-state index contributed by atoms with van der Waals surface area (Å²) < 4.78 is 2.92. The van der Waals surface area contributed by atoms with Gasteiger partial charge in [0.05, 0.1) is 16.4 Å². The Morgan fingerprint density at radius 2 is 1.80 bits per heavy atom. The van der Waals surface area contributed by atoms with Crippen LogP contribution in [0.4, 0.5) is 10.9 Å². The summed E-state index contributed by atoms with van der Waals surface area (Å²) in [6.45, 7) is 3.71. The third-order valence-corrected chi connectivity index (χ3v) is 5.77. The predicted octanol–water partition coefficient (Wildman–Crippen LogP) is 3.32. The van der Waals surface area contributed by atoms with Crippen LogP contribution in [0.5, 0.6) is 0 Å².